The molecule has 1 saturated carbocycles. The van der Waals surface area contributed by atoms with Gasteiger partial charge in [0.15, 0.2) is 0 Å². The van der Waals surface area contributed by atoms with Crippen LogP contribution in [0, 0.1) is 0 Å². The minimum absolute atomic E-state index is 0.854. The van der Waals surface area contributed by atoms with E-state index in [9.17, 15) is 0 Å². The lowest BCUT2D eigenvalue weighted by Gasteiger charge is -2.05. The molecule has 3 nitrogen and oxygen atoms in total. The molecule has 0 atom stereocenters. The molecule has 0 aromatic rings. The van der Waals surface area contributed by atoms with E-state index in [4.69, 9.17) is 4.74 Å². The standard InChI is InChI=1S/C12H26N2O/c1-2-10-15-11-4-8-13-7-3-9-14-12-5-6-12/h12-14H,2-11H2,1H3. The third-order valence-electron chi connectivity index (χ3n) is 2.53. The van der Waals surface area contributed by atoms with Crippen molar-refractivity contribution in [3.05, 3.63) is 0 Å². The van der Waals surface area contributed by atoms with E-state index in [1.165, 1.54) is 25.8 Å². The summed E-state index contributed by atoms with van der Waals surface area (Å²) in [6.07, 6.45) is 6.28. The first-order chi connectivity index (χ1) is 7.43. The first-order valence-electron chi connectivity index (χ1n) is 6.45. The van der Waals surface area contributed by atoms with Gasteiger partial charge < -0.3 is 15.4 Å². The minimum atomic E-state index is 0.854. The fourth-order valence-corrected chi connectivity index (χ4v) is 1.48. The summed E-state index contributed by atoms with van der Waals surface area (Å²) in [6, 6.07) is 0.854. The van der Waals surface area contributed by atoms with E-state index in [-0.39, 0.29) is 0 Å². The van der Waals surface area contributed by atoms with Crippen LogP contribution in [0.1, 0.15) is 39.0 Å². The maximum atomic E-state index is 5.40. The summed E-state index contributed by atoms with van der Waals surface area (Å²) in [5, 5.41) is 6.95. The molecule has 0 spiro atoms. The average molecular weight is 214 g/mol. The molecular weight excluding hydrogens is 188 g/mol. The van der Waals surface area contributed by atoms with Gasteiger partial charge in [-0.1, -0.05) is 6.92 Å². The summed E-state index contributed by atoms with van der Waals surface area (Å²) >= 11 is 0. The van der Waals surface area contributed by atoms with Gasteiger partial charge in [0.25, 0.3) is 0 Å². The molecule has 0 aliphatic heterocycles. The predicted octanol–water partition coefficient (Wildman–Crippen LogP) is 1.53. The summed E-state index contributed by atoms with van der Waals surface area (Å²) in [6.45, 7) is 7.35. The third kappa shape index (κ3) is 8.85. The zero-order valence-electron chi connectivity index (χ0n) is 10.1. The van der Waals surface area contributed by atoms with Crippen LogP contribution >= 0.6 is 0 Å². The molecule has 0 saturated heterocycles. The van der Waals surface area contributed by atoms with Crippen LogP contribution in [0.2, 0.25) is 0 Å². The first kappa shape index (κ1) is 12.9. The molecule has 0 amide bonds. The highest BCUT2D eigenvalue weighted by Crippen LogP contribution is 2.18. The Hall–Kier alpha value is -0.120. The normalized spacial score (nSPS) is 15.8. The molecule has 0 aromatic carbocycles. The van der Waals surface area contributed by atoms with Crippen LogP contribution in [-0.4, -0.2) is 38.9 Å². The highest BCUT2D eigenvalue weighted by atomic mass is 16.5. The van der Waals surface area contributed by atoms with Gasteiger partial charge >= 0.3 is 0 Å². The third-order valence-corrected chi connectivity index (χ3v) is 2.53. The summed E-state index contributed by atoms with van der Waals surface area (Å²) in [5.74, 6) is 0. The molecule has 90 valence electrons. The summed E-state index contributed by atoms with van der Waals surface area (Å²) in [5.41, 5.74) is 0. The van der Waals surface area contributed by atoms with Crippen LogP contribution in [0.25, 0.3) is 0 Å². The second-order valence-corrected chi connectivity index (χ2v) is 4.30. The summed E-state index contributed by atoms with van der Waals surface area (Å²) in [7, 11) is 0. The summed E-state index contributed by atoms with van der Waals surface area (Å²) in [4.78, 5) is 0. The number of hydrogen-bond donors (Lipinski definition) is 2. The Balaban J connectivity index is 1.62. The molecule has 0 aromatic heterocycles. The first-order valence-corrected chi connectivity index (χ1v) is 6.45. The van der Waals surface area contributed by atoms with Crippen molar-refractivity contribution in [2.45, 2.75) is 45.1 Å². The lowest BCUT2D eigenvalue weighted by Crippen LogP contribution is -2.24. The Bertz CT molecular complexity index is 138. The number of nitrogens with one attached hydrogen (secondary N) is 2. The van der Waals surface area contributed by atoms with E-state index in [0.717, 1.165) is 45.2 Å². The number of rotatable bonds is 11. The highest BCUT2D eigenvalue weighted by molar-refractivity contribution is 4.80. The van der Waals surface area contributed by atoms with Gasteiger partial charge in [0.05, 0.1) is 0 Å². The molecule has 3 heteroatoms. The topological polar surface area (TPSA) is 33.3 Å². The van der Waals surface area contributed by atoms with E-state index in [1.807, 2.05) is 0 Å². The van der Waals surface area contributed by atoms with Crippen molar-refractivity contribution in [2.24, 2.45) is 0 Å². The number of ether oxygens (including phenoxy) is 1. The quantitative estimate of drug-likeness (QED) is 0.512. The van der Waals surface area contributed by atoms with E-state index in [2.05, 4.69) is 17.6 Å². The zero-order valence-corrected chi connectivity index (χ0v) is 10.1. The maximum absolute atomic E-state index is 5.40. The van der Waals surface area contributed by atoms with Crippen LogP contribution in [0.3, 0.4) is 0 Å². The van der Waals surface area contributed by atoms with Crippen molar-refractivity contribution in [2.75, 3.05) is 32.8 Å². The van der Waals surface area contributed by atoms with E-state index >= 15 is 0 Å². The van der Waals surface area contributed by atoms with Crippen molar-refractivity contribution in [1.29, 1.82) is 0 Å². The Morgan fingerprint density at radius 3 is 2.60 bits per heavy atom. The molecule has 1 aliphatic carbocycles. The van der Waals surface area contributed by atoms with E-state index in [0.29, 0.717) is 0 Å². The fourth-order valence-electron chi connectivity index (χ4n) is 1.48. The van der Waals surface area contributed by atoms with Crippen molar-refractivity contribution < 1.29 is 4.74 Å². The molecule has 1 rings (SSSR count). The Labute approximate surface area is 94.0 Å². The zero-order chi connectivity index (χ0) is 10.8. The van der Waals surface area contributed by atoms with E-state index < -0.39 is 0 Å². The van der Waals surface area contributed by atoms with Crippen molar-refractivity contribution in [1.82, 2.24) is 10.6 Å². The van der Waals surface area contributed by atoms with Crippen molar-refractivity contribution >= 4 is 0 Å². The Kier molecular flexibility index (Phi) is 7.88. The van der Waals surface area contributed by atoms with Crippen LogP contribution in [0.5, 0.6) is 0 Å². The second-order valence-electron chi connectivity index (χ2n) is 4.30. The number of hydrogen-bond acceptors (Lipinski definition) is 3. The lowest BCUT2D eigenvalue weighted by atomic mass is 10.4. The van der Waals surface area contributed by atoms with Gasteiger partial charge in [-0.3, -0.25) is 0 Å². The second kappa shape index (κ2) is 9.13. The van der Waals surface area contributed by atoms with E-state index in [1.54, 1.807) is 0 Å². The molecule has 0 heterocycles. The predicted molar refractivity (Wildman–Crippen MR) is 64.2 cm³/mol. The smallest absolute Gasteiger partial charge is 0.0478 e. The monoisotopic (exact) mass is 214 g/mol. The minimum Gasteiger partial charge on any atom is -0.381 e. The molecule has 0 radical (unpaired) electrons. The average Bonchev–Trinajstić information content (AvgIpc) is 3.05. The molecule has 0 bridgehead atoms. The van der Waals surface area contributed by atoms with Gasteiger partial charge in [0.2, 0.25) is 0 Å². The molecule has 0 unspecified atom stereocenters. The van der Waals surface area contributed by atoms with Gasteiger partial charge in [0, 0.05) is 19.3 Å². The van der Waals surface area contributed by atoms with Crippen molar-refractivity contribution in [3.63, 3.8) is 0 Å². The highest BCUT2D eigenvalue weighted by Gasteiger charge is 2.19. The Morgan fingerprint density at radius 1 is 1.07 bits per heavy atom. The van der Waals surface area contributed by atoms with Gasteiger partial charge in [-0.05, 0) is 51.7 Å². The maximum Gasteiger partial charge on any atom is 0.0478 e. The molecule has 1 fully saturated rings. The van der Waals surface area contributed by atoms with Gasteiger partial charge in [0.1, 0.15) is 0 Å². The molecule has 15 heavy (non-hydrogen) atoms. The van der Waals surface area contributed by atoms with Crippen LogP contribution in [-0.2, 0) is 4.74 Å². The van der Waals surface area contributed by atoms with Crippen molar-refractivity contribution in [3.8, 4) is 0 Å². The van der Waals surface area contributed by atoms with Crippen LogP contribution in [0.4, 0.5) is 0 Å². The van der Waals surface area contributed by atoms with Crippen LogP contribution < -0.4 is 10.6 Å². The molecular formula is C12H26N2O. The largest absolute Gasteiger partial charge is 0.381 e. The fraction of sp³-hybridized carbons (Fsp3) is 1.00. The molecule has 2 N–H and O–H groups in total. The lowest BCUT2D eigenvalue weighted by molar-refractivity contribution is 0.132. The van der Waals surface area contributed by atoms with Gasteiger partial charge in [-0.15, -0.1) is 0 Å². The SMILES string of the molecule is CCCOCCCNCCCNC1CC1. The summed E-state index contributed by atoms with van der Waals surface area (Å²) < 4.78 is 5.40. The van der Waals surface area contributed by atoms with Gasteiger partial charge in [-0.2, -0.15) is 0 Å². The van der Waals surface area contributed by atoms with Crippen LogP contribution in [0.15, 0.2) is 0 Å². The molecule has 1 aliphatic rings. The Morgan fingerprint density at radius 2 is 1.87 bits per heavy atom. The van der Waals surface area contributed by atoms with Gasteiger partial charge in [-0.25, -0.2) is 0 Å².